The smallest absolute Gasteiger partial charge is 0.282 e. The van der Waals surface area contributed by atoms with Crippen molar-refractivity contribution >= 4 is 0 Å². The summed E-state index contributed by atoms with van der Waals surface area (Å²) < 4.78 is 37.4. The number of rotatable bonds is 6. The van der Waals surface area contributed by atoms with Gasteiger partial charge in [0.2, 0.25) is 11.8 Å². The highest BCUT2D eigenvalue weighted by Gasteiger charge is 2.15. The minimum Gasteiger partial charge on any atom is -0.497 e. The van der Waals surface area contributed by atoms with Crippen molar-refractivity contribution in [3.63, 3.8) is 0 Å². The first-order chi connectivity index (χ1) is 11.5. The molecule has 2 aromatic heterocycles. The molecule has 2 heterocycles. The van der Waals surface area contributed by atoms with Crippen LogP contribution in [0, 0.1) is 6.92 Å². The highest BCUT2D eigenvalue weighted by atomic mass is 19.3. The third kappa shape index (κ3) is 3.58. The maximum atomic E-state index is 12.7. The molecule has 0 radical (unpaired) electrons. The van der Waals surface area contributed by atoms with Crippen molar-refractivity contribution in [2.75, 3.05) is 7.11 Å². The lowest BCUT2D eigenvalue weighted by Gasteiger charge is -2.01. The number of benzene rings is 1. The lowest BCUT2D eigenvalue weighted by Crippen LogP contribution is -2.04. The van der Waals surface area contributed by atoms with Crippen LogP contribution >= 0.6 is 0 Å². The second kappa shape index (κ2) is 6.77. The van der Waals surface area contributed by atoms with Crippen molar-refractivity contribution in [1.82, 2.24) is 20.0 Å². The summed E-state index contributed by atoms with van der Waals surface area (Å²) >= 11 is 0. The zero-order valence-corrected chi connectivity index (χ0v) is 13.2. The Bertz CT molecular complexity index is 812. The summed E-state index contributed by atoms with van der Waals surface area (Å²) in [5.74, 6) is 1.55. The van der Waals surface area contributed by atoms with E-state index in [-0.39, 0.29) is 12.2 Å². The molecule has 0 unspecified atom stereocenters. The second-order valence-corrected chi connectivity index (χ2v) is 5.28. The van der Waals surface area contributed by atoms with Gasteiger partial charge in [-0.05, 0) is 30.7 Å². The van der Waals surface area contributed by atoms with E-state index in [9.17, 15) is 8.78 Å². The first-order valence-corrected chi connectivity index (χ1v) is 7.32. The fourth-order valence-corrected chi connectivity index (χ4v) is 2.27. The topological polar surface area (TPSA) is 66.0 Å². The fraction of sp³-hybridized carbons (Fsp3) is 0.312. The molecule has 0 saturated heterocycles. The van der Waals surface area contributed by atoms with Crippen molar-refractivity contribution in [2.24, 2.45) is 0 Å². The number of alkyl halides is 2. The van der Waals surface area contributed by atoms with Crippen LogP contribution in [0.3, 0.4) is 0 Å². The number of halogens is 2. The summed E-state index contributed by atoms with van der Waals surface area (Å²) in [7, 11) is 1.61. The Kier molecular flexibility index (Phi) is 4.54. The highest BCUT2D eigenvalue weighted by molar-refractivity contribution is 5.28. The van der Waals surface area contributed by atoms with E-state index in [1.165, 1.54) is 10.7 Å². The molecule has 0 fully saturated rings. The quantitative estimate of drug-likeness (QED) is 0.693. The van der Waals surface area contributed by atoms with E-state index in [2.05, 4.69) is 15.3 Å². The molecule has 0 bridgehead atoms. The van der Waals surface area contributed by atoms with E-state index in [1.54, 1.807) is 14.0 Å². The summed E-state index contributed by atoms with van der Waals surface area (Å²) in [6.07, 6.45) is -2.12. The average Bonchev–Trinajstić information content (AvgIpc) is 3.16. The van der Waals surface area contributed by atoms with Gasteiger partial charge >= 0.3 is 0 Å². The molecule has 6 nitrogen and oxygen atoms in total. The molecule has 0 aliphatic rings. The number of aromatic nitrogens is 4. The Morgan fingerprint density at radius 3 is 2.50 bits per heavy atom. The van der Waals surface area contributed by atoms with Gasteiger partial charge in [0.1, 0.15) is 18.0 Å². The fourth-order valence-electron chi connectivity index (χ4n) is 2.27. The standard InChI is InChI=1S/C16H16F2N4O2/c1-10-7-13(16(17)18)21-22(10)9-15-20-19-14(24-15)8-11-3-5-12(23-2)6-4-11/h3-7,16H,8-9H2,1-2H3. The number of ether oxygens (including phenoxy) is 1. The minimum atomic E-state index is -2.60. The third-order valence-electron chi connectivity index (χ3n) is 3.53. The lowest BCUT2D eigenvalue weighted by atomic mass is 10.1. The van der Waals surface area contributed by atoms with Gasteiger partial charge in [-0.2, -0.15) is 5.10 Å². The van der Waals surface area contributed by atoms with Gasteiger partial charge in [-0.1, -0.05) is 12.1 Å². The summed E-state index contributed by atoms with van der Waals surface area (Å²) in [6.45, 7) is 1.86. The molecular weight excluding hydrogens is 318 g/mol. The molecule has 1 aromatic carbocycles. The Morgan fingerprint density at radius 2 is 1.88 bits per heavy atom. The SMILES string of the molecule is COc1ccc(Cc2nnc(Cn3nc(C(F)F)cc3C)o2)cc1. The van der Waals surface area contributed by atoms with E-state index in [0.29, 0.717) is 23.9 Å². The first-order valence-electron chi connectivity index (χ1n) is 7.32. The van der Waals surface area contributed by atoms with Crippen LogP contribution < -0.4 is 4.74 Å². The predicted octanol–water partition coefficient (Wildman–Crippen LogP) is 3.16. The highest BCUT2D eigenvalue weighted by Crippen LogP contribution is 2.19. The van der Waals surface area contributed by atoms with Crippen LogP contribution in [0.5, 0.6) is 5.75 Å². The van der Waals surface area contributed by atoms with E-state index in [0.717, 1.165) is 11.3 Å². The maximum absolute atomic E-state index is 12.7. The average molecular weight is 334 g/mol. The van der Waals surface area contributed by atoms with Gasteiger partial charge in [0.05, 0.1) is 13.5 Å². The molecule has 0 amide bonds. The minimum absolute atomic E-state index is 0.161. The van der Waals surface area contributed by atoms with E-state index < -0.39 is 6.43 Å². The first kappa shape index (κ1) is 16.1. The molecule has 0 atom stereocenters. The van der Waals surface area contributed by atoms with Gasteiger partial charge in [-0.15, -0.1) is 10.2 Å². The number of aryl methyl sites for hydroxylation is 1. The van der Waals surface area contributed by atoms with Crippen LogP contribution in [0.4, 0.5) is 8.78 Å². The van der Waals surface area contributed by atoms with Gasteiger partial charge in [0.15, 0.2) is 0 Å². The van der Waals surface area contributed by atoms with E-state index in [4.69, 9.17) is 9.15 Å². The van der Waals surface area contributed by atoms with Crippen LogP contribution in [0.15, 0.2) is 34.7 Å². The van der Waals surface area contributed by atoms with Crippen molar-refractivity contribution in [1.29, 1.82) is 0 Å². The van der Waals surface area contributed by atoms with E-state index >= 15 is 0 Å². The summed E-state index contributed by atoms with van der Waals surface area (Å²) in [5, 5.41) is 11.8. The molecule has 0 aliphatic carbocycles. The molecule has 126 valence electrons. The van der Waals surface area contributed by atoms with Crippen molar-refractivity contribution in [2.45, 2.75) is 26.3 Å². The Balaban J connectivity index is 1.69. The van der Waals surface area contributed by atoms with Crippen molar-refractivity contribution in [3.8, 4) is 5.75 Å². The Morgan fingerprint density at radius 1 is 1.17 bits per heavy atom. The molecule has 0 aliphatic heterocycles. The van der Waals surface area contributed by atoms with E-state index in [1.807, 2.05) is 24.3 Å². The zero-order valence-electron chi connectivity index (χ0n) is 13.2. The van der Waals surface area contributed by atoms with Gasteiger partial charge in [0, 0.05) is 5.69 Å². The van der Waals surface area contributed by atoms with Crippen LogP contribution in [0.2, 0.25) is 0 Å². The molecule has 3 aromatic rings. The molecule has 3 rings (SSSR count). The number of methoxy groups -OCH3 is 1. The molecule has 0 saturated carbocycles. The molecule has 0 N–H and O–H groups in total. The largest absolute Gasteiger partial charge is 0.497 e. The number of hydrogen-bond donors (Lipinski definition) is 0. The Hall–Kier alpha value is -2.77. The van der Waals surface area contributed by atoms with Crippen LogP contribution in [-0.4, -0.2) is 27.1 Å². The third-order valence-corrected chi connectivity index (χ3v) is 3.53. The monoisotopic (exact) mass is 334 g/mol. The normalized spacial score (nSPS) is 11.2. The van der Waals surface area contributed by atoms with Crippen LogP contribution in [0.25, 0.3) is 0 Å². The van der Waals surface area contributed by atoms with Gasteiger partial charge in [-0.3, -0.25) is 4.68 Å². The summed E-state index contributed by atoms with van der Waals surface area (Å²) in [5.41, 5.74) is 1.35. The second-order valence-electron chi connectivity index (χ2n) is 5.28. The number of nitrogens with zero attached hydrogens (tertiary/aromatic N) is 4. The predicted molar refractivity (Wildman–Crippen MR) is 81.1 cm³/mol. The van der Waals surface area contributed by atoms with Crippen molar-refractivity contribution in [3.05, 3.63) is 59.1 Å². The molecule has 0 spiro atoms. The molecule has 24 heavy (non-hydrogen) atoms. The maximum Gasteiger partial charge on any atom is 0.282 e. The summed E-state index contributed by atoms with van der Waals surface area (Å²) in [6, 6.07) is 8.88. The van der Waals surface area contributed by atoms with Gasteiger partial charge in [0.25, 0.3) is 6.43 Å². The summed E-state index contributed by atoms with van der Waals surface area (Å²) in [4.78, 5) is 0. The van der Waals surface area contributed by atoms with Gasteiger partial charge < -0.3 is 9.15 Å². The lowest BCUT2D eigenvalue weighted by molar-refractivity contribution is 0.145. The van der Waals surface area contributed by atoms with Gasteiger partial charge in [-0.25, -0.2) is 8.78 Å². The van der Waals surface area contributed by atoms with Crippen LogP contribution in [0.1, 0.15) is 35.2 Å². The Labute approximate surface area is 137 Å². The molecule has 8 heteroatoms. The van der Waals surface area contributed by atoms with Crippen LogP contribution in [-0.2, 0) is 13.0 Å². The number of hydrogen-bond acceptors (Lipinski definition) is 5. The van der Waals surface area contributed by atoms with Crippen molar-refractivity contribution < 1.29 is 17.9 Å². The molecular formula is C16H16F2N4O2. The zero-order chi connectivity index (χ0) is 17.1.